The second-order valence-electron chi connectivity index (χ2n) is 8.74. The molecular weight excluding hydrogens is 436 g/mol. The highest BCUT2D eigenvalue weighted by atomic mass is 16.1. The van der Waals surface area contributed by atoms with Crippen LogP contribution >= 0.6 is 0 Å². The number of nitrogens with zero attached hydrogens (tertiary/aromatic N) is 5. The molecule has 5 rings (SSSR count). The second-order valence-corrected chi connectivity index (χ2v) is 8.74. The fourth-order valence-corrected chi connectivity index (χ4v) is 4.34. The number of hydrogen-bond donors (Lipinski definition) is 1. The number of carbonyl (C=O) groups is 1. The Labute approximate surface area is 204 Å². The van der Waals surface area contributed by atoms with Crippen molar-refractivity contribution in [3.05, 3.63) is 95.1 Å². The maximum absolute atomic E-state index is 13.6. The van der Waals surface area contributed by atoms with Crippen LogP contribution in [0.3, 0.4) is 0 Å². The number of aromatic nitrogens is 5. The summed E-state index contributed by atoms with van der Waals surface area (Å²) in [5.74, 6) is -0.186. The Morgan fingerprint density at radius 2 is 1.80 bits per heavy atom. The third-order valence-corrected chi connectivity index (χ3v) is 6.42. The van der Waals surface area contributed by atoms with Gasteiger partial charge in [0.05, 0.1) is 46.6 Å². The number of pyridine rings is 1. The molecule has 7 heteroatoms. The van der Waals surface area contributed by atoms with Crippen LogP contribution in [0.1, 0.15) is 39.8 Å². The Bertz CT molecular complexity index is 1540. The van der Waals surface area contributed by atoms with Gasteiger partial charge in [-0.2, -0.15) is 10.2 Å². The van der Waals surface area contributed by atoms with Gasteiger partial charge in [-0.1, -0.05) is 42.5 Å². The molecule has 3 heterocycles. The zero-order valence-corrected chi connectivity index (χ0v) is 20.4. The number of nitrogens with one attached hydrogen (secondary N) is 1. The molecule has 0 radical (unpaired) electrons. The molecule has 2 aromatic carbocycles. The van der Waals surface area contributed by atoms with Gasteiger partial charge in [-0.3, -0.25) is 14.2 Å². The highest BCUT2D eigenvalue weighted by Gasteiger charge is 2.19. The molecule has 0 aliphatic carbocycles. The predicted molar refractivity (Wildman–Crippen MR) is 139 cm³/mol. The first kappa shape index (κ1) is 22.5. The highest BCUT2D eigenvalue weighted by molar-refractivity contribution is 6.13. The normalized spacial score (nSPS) is 11.2. The largest absolute Gasteiger partial charge is 0.319 e. The highest BCUT2D eigenvalue weighted by Crippen LogP contribution is 2.27. The lowest BCUT2D eigenvalue weighted by atomic mass is 10.0. The zero-order valence-electron chi connectivity index (χ0n) is 20.4. The van der Waals surface area contributed by atoms with Gasteiger partial charge in [-0.05, 0) is 51.0 Å². The minimum Gasteiger partial charge on any atom is -0.319 e. The SMILES string of the molecule is CCn1cc(-c2cc(C(=O)Nc3c(C)nn(Cc4ccccc4C)c3C)c3ccccc3n2)cn1. The summed E-state index contributed by atoms with van der Waals surface area (Å²) >= 11 is 0. The molecule has 7 nitrogen and oxygen atoms in total. The van der Waals surface area contributed by atoms with Gasteiger partial charge in [0.1, 0.15) is 0 Å². The van der Waals surface area contributed by atoms with E-state index in [1.807, 2.05) is 78.8 Å². The van der Waals surface area contributed by atoms with Crippen LogP contribution in [0.4, 0.5) is 5.69 Å². The summed E-state index contributed by atoms with van der Waals surface area (Å²) in [4.78, 5) is 18.4. The molecule has 0 unspecified atom stereocenters. The van der Waals surface area contributed by atoms with E-state index < -0.39 is 0 Å². The molecule has 1 amide bonds. The van der Waals surface area contributed by atoms with E-state index in [9.17, 15) is 4.79 Å². The molecule has 3 aromatic heterocycles. The van der Waals surface area contributed by atoms with Gasteiger partial charge in [0.2, 0.25) is 0 Å². The summed E-state index contributed by atoms with van der Waals surface area (Å²) < 4.78 is 3.80. The minimum absolute atomic E-state index is 0.186. The van der Waals surface area contributed by atoms with Crippen molar-refractivity contribution < 1.29 is 4.79 Å². The van der Waals surface area contributed by atoms with Crippen molar-refractivity contribution in [1.29, 1.82) is 0 Å². The number of aryl methyl sites for hydroxylation is 3. The molecular formula is C28H28N6O. The Hall–Kier alpha value is -4.26. The molecule has 0 spiro atoms. The maximum atomic E-state index is 13.6. The first-order chi connectivity index (χ1) is 16.9. The molecule has 35 heavy (non-hydrogen) atoms. The summed E-state index contributed by atoms with van der Waals surface area (Å²) in [6.45, 7) is 9.47. The van der Waals surface area contributed by atoms with E-state index >= 15 is 0 Å². The number of hydrogen-bond acceptors (Lipinski definition) is 4. The van der Waals surface area contributed by atoms with E-state index in [0.717, 1.165) is 45.8 Å². The number of anilines is 1. The van der Waals surface area contributed by atoms with E-state index in [1.165, 1.54) is 11.1 Å². The predicted octanol–water partition coefficient (Wildman–Crippen LogP) is 5.54. The van der Waals surface area contributed by atoms with Crippen LogP contribution < -0.4 is 5.32 Å². The van der Waals surface area contributed by atoms with Gasteiger partial charge in [-0.25, -0.2) is 4.98 Å². The van der Waals surface area contributed by atoms with E-state index in [1.54, 1.807) is 6.20 Å². The topological polar surface area (TPSA) is 77.6 Å². The number of benzene rings is 2. The molecule has 0 fully saturated rings. The molecule has 0 aliphatic heterocycles. The Morgan fingerprint density at radius 3 is 2.57 bits per heavy atom. The van der Waals surface area contributed by atoms with Crippen LogP contribution in [0.15, 0.2) is 67.0 Å². The second kappa shape index (κ2) is 9.18. The molecule has 0 atom stereocenters. The van der Waals surface area contributed by atoms with Crippen LogP contribution in [0.2, 0.25) is 0 Å². The Balaban J connectivity index is 1.50. The van der Waals surface area contributed by atoms with Gasteiger partial charge in [0.15, 0.2) is 0 Å². The van der Waals surface area contributed by atoms with Crippen LogP contribution in [0.25, 0.3) is 22.2 Å². The first-order valence-electron chi connectivity index (χ1n) is 11.8. The van der Waals surface area contributed by atoms with Gasteiger partial charge >= 0.3 is 0 Å². The van der Waals surface area contributed by atoms with E-state index in [-0.39, 0.29) is 5.91 Å². The van der Waals surface area contributed by atoms with Crippen LogP contribution in [-0.2, 0) is 13.1 Å². The average molecular weight is 465 g/mol. The van der Waals surface area contributed by atoms with Crippen molar-refractivity contribution in [1.82, 2.24) is 24.5 Å². The van der Waals surface area contributed by atoms with Crippen LogP contribution in [-0.4, -0.2) is 30.5 Å². The first-order valence-corrected chi connectivity index (χ1v) is 11.8. The minimum atomic E-state index is -0.186. The molecule has 5 aromatic rings. The maximum Gasteiger partial charge on any atom is 0.256 e. The molecule has 0 saturated carbocycles. The lowest BCUT2D eigenvalue weighted by Gasteiger charge is -2.11. The Morgan fingerprint density at radius 1 is 1.03 bits per heavy atom. The van der Waals surface area contributed by atoms with Gasteiger partial charge in [-0.15, -0.1) is 0 Å². The third kappa shape index (κ3) is 4.33. The van der Waals surface area contributed by atoms with Gasteiger partial charge < -0.3 is 5.32 Å². The van der Waals surface area contributed by atoms with Crippen molar-refractivity contribution in [2.45, 2.75) is 40.8 Å². The fourth-order valence-electron chi connectivity index (χ4n) is 4.34. The number of para-hydroxylation sites is 1. The lowest BCUT2D eigenvalue weighted by Crippen LogP contribution is -2.14. The van der Waals surface area contributed by atoms with Crippen molar-refractivity contribution >= 4 is 22.5 Å². The van der Waals surface area contributed by atoms with Crippen molar-refractivity contribution in [2.24, 2.45) is 0 Å². The molecule has 0 aliphatic rings. The van der Waals surface area contributed by atoms with Gasteiger partial charge in [0, 0.05) is 23.7 Å². The standard InChI is InChI=1S/C28H28N6O/c1-5-33-16-22(15-29-33)26-14-24(23-12-8-9-13-25(23)30-26)28(35)31-27-19(3)32-34(20(27)4)17-21-11-7-6-10-18(21)2/h6-16H,5,17H2,1-4H3,(H,31,35). The average Bonchev–Trinajstić information content (AvgIpc) is 3.45. The quantitative estimate of drug-likeness (QED) is 0.358. The molecule has 0 saturated heterocycles. The zero-order chi connectivity index (χ0) is 24.5. The van der Waals surface area contributed by atoms with Crippen LogP contribution in [0, 0.1) is 20.8 Å². The summed E-state index contributed by atoms with van der Waals surface area (Å²) in [6, 6.07) is 17.8. The summed E-state index contributed by atoms with van der Waals surface area (Å²) in [5.41, 5.74) is 7.80. The smallest absolute Gasteiger partial charge is 0.256 e. The van der Waals surface area contributed by atoms with E-state index in [0.29, 0.717) is 12.1 Å². The number of carbonyl (C=O) groups excluding carboxylic acids is 1. The summed E-state index contributed by atoms with van der Waals surface area (Å²) in [5, 5.41) is 13.0. The molecule has 0 bridgehead atoms. The number of amides is 1. The Kier molecular flexibility index (Phi) is 5.91. The summed E-state index contributed by atoms with van der Waals surface area (Å²) in [7, 11) is 0. The van der Waals surface area contributed by atoms with Crippen LogP contribution in [0.5, 0.6) is 0 Å². The lowest BCUT2D eigenvalue weighted by molar-refractivity contribution is 0.102. The van der Waals surface area contributed by atoms with Crippen molar-refractivity contribution in [3.8, 4) is 11.3 Å². The number of fused-ring (bicyclic) bond motifs is 1. The molecule has 1 N–H and O–H groups in total. The van der Waals surface area contributed by atoms with E-state index in [4.69, 9.17) is 10.1 Å². The monoisotopic (exact) mass is 464 g/mol. The third-order valence-electron chi connectivity index (χ3n) is 6.42. The van der Waals surface area contributed by atoms with E-state index in [2.05, 4.69) is 29.5 Å². The summed E-state index contributed by atoms with van der Waals surface area (Å²) in [6.07, 6.45) is 3.73. The van der Waals surface area contributed by atoms with Gasteiger partial charge in [0.25, 0.3) is 5.91 Å². The van der Waals surface area contributed by atoms with Crippen molar-refractivity contribution in [2.75, 3.05) is 5.32 Å². The fraction of sp³-hybridized carbons (Fsp3) is 0.214. The molecule has 176 valence electrons. The van der Waals surface area contributed by atoms with Crippen molar-refractivity contribution in [3.63, 3.8) is 0 Å². The number of rotatable bonds is 6.